The molecule has 0 bridgehead atoms. The zero-order chi connectivity index (χ0) is 15.4. The lowest BCUT2D eigenvalue weighted by molar-refractivity contribution is 0.584. The molecule has 112 valence electrons. The Kier molecular flexibility index (Phi) is 5.48. The summed E-state index contributed by atoms with van der Waals surface area (Å²) in [6.07, 6.45) is 1.69. The quantitative estimate of drug-likeness (QED) is 0.899. The minimum atomic E-state index is 0.458. The first-order valence-corrected chi connectivity index (χ1v) is 8.07. The molecule has 0 fully saturated rings. The Morgan fingerprint density at radius 1 is 1.14 bits per heavy atom. The number of nitrogens with two attached hydrogens (primary N) is 1. The van der Waals surface area contributed by atoms with Crippen molar-refractivity contribution in [2.45, 2.75) is 33.6 Å². The first kappa shape index (κ1) is 16.1. The average Bonchev–Trinajstić information content (AvgIpc) is 2.45. The molecule has 4 heteroatoms. The van der Waals surface area contributed by atoms with Gasteiger partial charge < -0.3 is 5.73 Å². The van der Waals surface area contributed by atoms with Gasteiger partial charge in [0.15, 0.2) is 0 Å². The second kappa shape index (κ2) is 7.14. The summed E-state index contributed by atoms with van der Waals surface area (Å²) in [7, 11) is 0. The molecule has 1 unspecified atom stereocenters. The zero-order valence-electron chi connectivity index (χ0n) is 12.9. The van der Waals surface area contributed by atoms with Crippen molar-refractivity contribution in [2.24, 2.45) is 11.7 Å². The third-order valence-corrected chi connectivity index (χ3v) is 4.50. The molecule has 0 saturated carbocycles. The summed E-state index contributed by atoms with van der Waals surface area (Å²) >= 11 is 3.58. The third-order valence-electron chi connectivity index (χ3n) is 3.73. The predicted octanol–water partition coefficient (Wildman–Crippen LogP) is 3.58. The summed E-state index contributed by atoms with van der Waals surface area (Å²) in [5.41, 5.74) is 10.3. The number of hydrogen-bond acceptors (Lipinski definition) is 3. The molecule has 21 heavy (non-hydrogen) atoms. The summed E-state index contributed by atoms with van der Waals surface area (Å²) < 4.78 is 1.10. The Labute approximate surface area is 135 Å². The van der Waals surface area contributed by atoms with Crippen LogP contribution < -0.4 is 5.73 Å². The zero-order valence-corrected chi connectivity index (χ0v) is 14.4. The highest BCUT2D eigenvalue weighted by atomic mass is 79.9. The number of halogens is 1. The molecule has 3 nitrogen and oxygen atoms in total. The van der Waals surface area contributed by atoms with E-state index in [0.717, 1.165) is 34.5 Å². The Bertz CT molecular complexity index is 602. The molecule has 1 aromatic carbocycles. The van der Waals surface area contributed by atoms with Crippen molar-refractivity contribution in [2.75, 3.05) is 6.54 Å². The van der Waals surface area contributed by atoms with Gasteiger partial charge in [-0.15, -0.1) is 0 Å². The molecule has 0 aliphatic carbocycles. The van der Waals surface area contributed by atoms with E-state index in [-0.39, 0.29) is 0 Å². The monoisotopic (exact) mass is 347 g/mol. The van der Waals surface area contributed by atoms with Gasteiger partial charge in [0, 0.05) is 22.3 Å². The normalized spacial score (nSPS) is 12.4. The lowest BCUT2D eigenvalue weighted by Gasteiger charge is -2.14. The van der Waals surface area contributed by atoms with E-state index in [4.69, 9.17) is 5.73 Å². The van der Waals surface area contributed by atoms with Crippen LogP contribution in [0.4, 0.5) is 0 Å². The van der Waals surface area contributed by atoms with Gasteiger partial charge in [-0.2, -0.15) is 0 Å². The first-order valence-electron chi connectivity index (χ1n) is 7.27. The van der Waals surface area contributed by atoms with Crippen molar-refractivity contribution in [3.63, 3.8) is 0 Å². The molecule has 0 aliphatic rings. The highest BCUT2D eigenvalue weighted by molar-refractivity contribution is 9.10. The molecular formula is C17H22BrN3. The van der Waals surface area contributed by atoms with Crippen LogP contribution in [-0.2, 0) is 12.8 Å². The molecule has 1 aromatic heterocycles. The Morgan fingerprint density at radius 2 is 1.76 bits per heavy atom. The van der Waals surface area contributed by atoms with E-state index < -0.39 is 0 Å². The van der Waals surface area contributed by atoms with E-state index >= 15 is 0 Å². The van der Waals surface area contributed by atoms with E-state index in [1.807, 2.05) is 18.2 Å². The molecule has 0 amide bonds. The first-order chi connectivity index (χ1) is 10.0. The Hall–Kier alpha value is -1.26. The number of nitrogens with zero attached hydrogens (tertiary/aromatic N) is 2. The van der Waals surface area contributed by atoms with E-state index in [1.165, 1.54) is 11.1 Å². The molecule has 2 aromatic rings. The number of hydrogen-bond donors (Lipinski definition) is 1. The smallest absolute Gasteiger partial charge is 0.133 e. The summed E-state index contributed by atoms with van der Waals surface area (Å²) in [4.78, 5) is 9.37. The predicted molar refractivity (Wildman–Crippen MR) is 90.4 cm³/mol. The minimum absolute atomic E-state index is 0.458. The van der Waals surface area contributed by atoms with Crippen LogP contribution in [0.2, 0.25) is 0 Å². The lowest BCUT2D eigenvalue weighted by Crippen LogP contribution is -2.16. The lowest BCUT2D eigenvalue weighted by atomic mass is 9.99. The molecule has 0 radical (unpaired) electrons. The minimum Gasteiger partial charge on any atom is -0.330 e. The van der Waals surface area contributed by atoms with Crippen molar-refractivity contribution in [3.8, 4) is 0 Å². The van der Waals surface area contributed by atoms with Crippen LogP contribution in [0.5, 0.6) is 0 Å². The SMILES string of the molecule is Cc1nc(Cc2ccccc2Br)nc(C)c1CC(C)CN. The summed E-state index contributed by atoms with van der Waals surface area (Å²) in [5, 5.41) is 0. The summed E-state index contributed by atoms with van der Waals surface area (Å²) in [5.74, 6) is 1.33. The van der Waals surface area contributed by atoms with Gasteiger partial charge in [0.05, 0.1) is 0 Å². The Morgan fingerprint density at radius 3 is 2.33 bits per heavy atom. The van der Waals surface area contributed by atoms with Crippen molar-refractivity contribution in [1.82, 2.24) is 9.97 Å². The summed E-state index contributed by atoms with van der Waals surface area (Å²) in [6, 6.07) is 8.20. The van der Waals surface area contributed by atoms with Crippen LogP contribution >= 0.6 is 15.9 Å². The van der Waals surface area contributed by atoms with Crippen molar-refractivity contribution < 1.29 is 0 Å². The van der Waals surface area contributed by atoms with Crippen LogP contribution in [-0.4, -0.2) is 16.5 Å². The van der Waals surface area contributed by atoms with E-state index in [9.17, 15) is 0 Å². The van der Waals surface area contributed by atoms with Crippen LogP contribution in [0.1, 0.15) is 35.3 Å². The molecule has 0 aliphatic heterocycles. The maximum absolute atomic E-state index is 5.72. The third kappa shape index (κ3) is 4.11. The summed E-state index contributed by atoms with van der Waals surface area (Å²) in [6.45, 7) is 6.99. The fourth-order valence-corrected chi connectivity index (χ4v) is 2.85. The second-order valence-corrected chi connectivity index (χ2v) is 6.46. The number of benzene rings is 1. The van der Waals surface area contributed by atoms with Crippen molar-refractivity contribution in [3.05, 3.63) is 57.1 Å². The van der Waals surface area contributed by atoms with Crippen LogP contribution in [0, 0.1) is 19.8 Å². The van der Waals surface area contributed by atoms with Crippen LogP contribution in [0.3, 0.4) is 0 Å². The average molecular weight is 348 g/mol. The number of aromatic nitrogens is 2. The van der Waals surface area contributed by atoms with Gasteiger partial charge in [0.25, 0.3) is 0 Å². The number of rotatable bonds is 5. The fraction of sp³-hybridized carbons (Fsp3) is 0.412. The molecule has 2 rings (SSSR count). The van der Waals surface area contributed by atoms with Crippen molar-refractivity contribution >= 4 is 15.9 Å². The number of aryl methyl sites for hydroxylation is 2. The van der Waals surface area contributed by atoms with E-state index in [1.54, 1.807) is 0 Å². The van der Waals surface area contributed by atoms with E-state index in [2.05, 4.69) is 52.7 Å². The van der Waals surface area contributed by atoms with Gasteiger partial charge in [-0.05, 0) is 49.9 Å². The molecule has 1 heterocycles. The van der Waals surface area contributed by atoms with Crippen molar-refractivity contribution in [1.29, 1.82) is 0 Å². The standard InChI is InChI=1S/C17H22BrN3/c1-11(10-19)8-15-12(2)20-17(21-13(15)3)9-14-6-4-5-7-16(14)18/h4-7,11H,8-10,19H2,1-3H3. The highest BCUT2D eigenvalue weighted by Crippen LogP contribution is 2.20. The van der Waals surface area contributed by atoms with Crippen LogP contribution in [0.15, 0.2) is 28.7 Å². The maximum atomic E-state index is 5.72. The van der Waals surface area contributed by atoms with Gasteiger partial charge in [-0.3, -0.25) is 0 Å². The second-order valence-electron chi connectivity index (χ2n) is 5.60. The molecular weight excluding hydrogens is 326 g/mol. The van der Waals surface area contributed by atoms with Crippen LogP contribution in [0.25, 0.3) is 0 Å². The van der Waals surface area contributed by atoms with E-state index in [0.29, 0.717) is 12.5 Å². The maximum Gasteiger partial charge on any atom is 0.133 e. The molecule has 2 N–H and O–H groups in total. The highest BCUT2D eigenvalue weighted by Gasteiger charge is 2.12. The van der Waals surface area contributed by atoms with Gasteiger partial charge in [-0.25, -0.2) is 9.97 Å². The molecule has 0 spiro atoms. The van der Waals surface area contributed by atoms with Gasteiger partial charge >= 0.3 is 0 Å². The van der Waals surface area contributed by atoms with Gasteiger partial charge in [-0.1, -0.05) is 41.1 Å². The Balaban J connectivity index is 2.26. The fourth-order valence-electron chi connectivity index (χ4n) is 2.43. The largest absolute Gasteiger partial charge is 0.330 e. The molecule has 0 saturated heterocycles. The van der Waals surface area contributed by atoms with Gasteiger partial charge in [0.2, 0.25) is 0 Å². The van der Waals surface area contributed by atoms with Gasteiger partial charge in [0.1, 0.15) is 5.82 Å². The molecule has 1 atom stereocenters. The topological polar surface area (TPSA) is 51.8 Å².